The maximum Gasteiger partial charge on any atom is -0.00237 e. The second kappa shape index (κ2) is 3.23. The topological polar surface area (TPSA) is 0 Å². The molecule has 0 radical (unpaired) electrons. The highest BCUT2D eigenvalue weighted by Crippen LogP contribution is 2.47. The molecule has 1 aliphatic carbocycles. The molecule has 0 saturated carbocycles. The molecule has 3 aromatic rings. The standard InChI is InChI=1S/C18H14/c1-11-6-8-14-16-9-7-12(2)13-4-3-5-15(18(13)16)17(14)10-11/h3-10H,1-2H3. The van der Waals surface area contributed by atoms with Crippen molar-refractivity contribution >= 4 is 10.8 Å². The molecule has 0 fully saturated rings. The highest BCUT2D eigenvalue weighted by atomic mass is 14.2. The Bertz CT molecular complexity index is 794. The van der Waals surface area contributed by atoms with Gasteiger partial charge in [0.15, 0.2) is 0 Å². The molecule has 0 nitrogen and oxygen atoms in total. The molecule has 1 aliphatic rings. The van der Waals surface area contributed by atoms with E-state index in [-0.39, 0.29) is 0 Å². The van der Waals surface area contributed by atoms with Gasteiger partial charge in [-0.05, 0) is 52.4 Å². The lowest BCUT2D eigenvalue weighted by molar-refractivity contribution is 1.48. The number of rotatable bonds is 0. The van der Waals surface area contributed by atoms with Crippen molar-refractivity contribution in [3.8, 4) is 22.3 Å². The third kappa shape index (κ3) is 1.10. The molecule has 18 heavy (non-hydrogen) atoms. The normalized spacial score (nSPS) is 11.9. The van der Waals surface area contributed by atoms with E-state index in [9.17, 15) is 0 Å². The molecule has 0 spiro atoms. The van der Waals surface area contributed by atoms with Crippen LogP contribution in [-0.4, -0.2) is 0 Å². The Morgan fingerprint density at radius 3 is 2.33 bits per heavy atom. The maximum absolute atomic E-state index is 2.30. The largest absolute Gasteiger partial charge is 0.0610 e. The van der Waals surface area contributed by atoms with Gasteiger partial charge >= 0.3 is 0 Å². The maximum atomic E-state index is 2.30. The zero-order chi connectivity index (χ0) is 12.3. The summed E-state index contributed by atoms with van der Waals surface area (Å²) in [5.74, 6) is 0. The Morgan fingerprint density at radius 2 is 1.44 bits per heavy atom. The monoisotopic (exact) mass is 230 g/mol. The van der Waals surface area contributed by atoms with Crippen LogP contribution in [0.3, 0.4) is 0 Å². The summed E-state index contributed by atoms with van der Waals surface area (Å²) in [6, 6.07) is 17.9. The summed E-state index contributed by atoms with van der Waals surface area (Å²) < 4.78 is 0. The molecule has 0 aliphatic heterocycles. The molecule has 0 heteroatoms. The molecule has 0 aromatic heterocycles. The van der Waals surface area contributed by atoms with Crippen molar-refractivity contribution in [2.45, 2.75) is 13.8 Å². The summed E-state index contributed by atoms with van der Waals surface area (Å²) in [4.78, 5) is 0. The Balaban J connectivity index is 2.26. The van der Waals surface area contributed by atoms with E-state index in [1.54, 1.807) is 0 Å². The van der Waals surface area contributed by atoms with Crippen LogP contribution in [0.4, 0.5) is 0 Å². The number of hydrogen-bond acceptors (Lipinski definition) is 0. The number of fused-ring (bicyclic) bond motifs is 3. The molecule has 4 rings (SSSR count). The SMILES string of the molecule is Cc1ccc2c(c1)-c1cccc3c(C)ccc-2c13. The molecule has 86 valence electrons. The van der Waals surface area contributed by atoms with Gasteiger partial charge in [-0.3, -0.25) is 0 Å². The molecule has 0 saturated heterocycles. The first-order valence-electron chi connectivity index (χ1n) is 6.39. The minimum absolute atomic E-state index is 1.33. The van der Waals surface area contributed by atoms with E-state index in [2.05, 4.69) is 62.4 Å². The number of aryl methyl sites for hydroxylation is 2. The van der Waals surface area contributed by atoms with Gasteiger partial charge < -0.3 is 0 Å². The Kier molecular flexibility index (Phi) is 1.78. The summed E-state index contributed by atoms with van der Waals surface area (Å²) in [5, 5.41) is 2.82. The Hall–Kier alpha value is -2.08. The van der Waals surface area contributed by atoms with Crippen LogP contribution < -0.4 is 0 Å². The smallest absolute Gasteiger partial charge is 0.00237 e. The molecule has 0 heterocycles. The van der Waals surface area contributed by atoms with Gasteiger partial charge in [0.1, 0.15) is 0 Å². The van der Waals surface area contributed by atoms with Crippen molar-refractivity contribution in [1.82, 2.24) is 0 Å². The molecule has 0 amide bonds. The first kappa shape index (κ1) is 9.90. The lowest BCUT2D eigenvalue weighted by atomic mass is 9.99. The van der Waals surface area contributed by atoms with Crippen molar-refractivity contribution in [1.29, 1.82) is 0 Å². The summed E-state index contributed by atoms with van der Waals surface area (Å²) in [7, 11) is 0. The van der Waals surface area contributed by atoms with E-state index >= 15 is 0 Å². The fourth-order valence-corrected chi connectivity index (χ4v) is 3.12. The molecule has 0 bridgehead atoms. The minimum atomic E-state index is 1.33. The second-order valence-corrected chi connectivity index (χ2v) is 5.21. The summed E-state index contributed by atoms with van der Waals surface area (Å²) in [6.07, 6.45) is 0. The van der Waals surface area contributed by atoms with E-state index in [1.807, 2.05) is 0 Å². The van der Waals surface area contributed by atoms with Gasteiger partial charge in [-0.25, -0.2) is 0 Å². The van der Waals surface area contributed by atoms with Gasteiger partial charge in [-0.15, -0.1) is 0 Å². The zero-order valence-corrected chi connectivity index (χ0v) is 10.6. The van der Waals surface area contributed by atoms with Crippen LogP contribution in [0.25, 0.3) is 33.0 Å². The van der Waals surface area contributed by atoms with E-state index in [1.165, 1.54) is 44.2 Å². The Morgan fingerprint density at radius 1 is 0.667 bits per heavy atom. The van der Waals surface area contributed by atoms with Crippen molar-refractivity contribution in [2.24, 2.45) is 0 Å². The predicted molar refractivity (Wildman–Crippen MR) is 77.9 cm³/mol. The third-order valence-corrected chi connectivity index (χ3v) is 4.01. The molecular formula is C18H14. The molecule has 0 N–H and O–H groups in total. The van der Waals surface area contributed by atoms with Crippen LogP contribution in [0.2, 0.25) is 0 Å². The molecule has 3 aromatic carbocycles. The average molecular weight is 230 g/mol. The predicted octanol–water partition coefficient (Wildman–Crippen LogP) is 5.10. The van der Waals surface area contributed by atoms with Gasteiger partial charge in [0, 0.05) is 0 Å². The van der Waals surface area contributed by atoms with Crippen LogP contribution in [0.5, 0.6) is 0 Å². The van der Waals surface area contributed by atoms with Gasteiger partial charge in [0.25, 0.3) is 0 Å². The number of benzene rings is 3. The van der Waals surface area contributed by atoms with Crippen LogP contribution in [-0.2, 0) is 0 Å². The highest BCUT2D eigenvalue weighted by Gasteiger charge is 2.21. The second-order valence-electron chi connectivity index (χ2n) is 5.21. The van der Waals surface area contributed by atoms with Crippen molar-refractivity contribution < 1.29 is 0 Å². The first-order chi connectivity index (χ1) is 8.75. The molecule has 0 unspecified atom stereocenters. The van der Waals surface area contributed by atoms with Crippen molar-refractivity contribution in [3.05, 3.63) is 59.7 Å². The lowest BCUT2D eigenvalue weighted by Gasteiger charge is -2.04. The first-order valence-corrected chi connectivity index (χ1v) is 6.39. The Labute approximate surface area is 107 Å². The minimum Gasteiger partial charge on any atom is -0.0610 e. The third-order valence-electron chi connectivity index (χ3n) is 4.01. The molecular weight excluding hydrogens is 216 g/mol. The van der Waals surface area contributed by atoms with E-state index in [0.717, 1.165) is 0 Å². The van der Waals surface area contributed by atoms with Crippen LogP contribution >= 0.6 is 0 Å². The van der Waals surface area contributed by atoms with Crippen LogP contribution in [0, 0.1) is 13.8 Å². The quantitative estimate of drug-likeness (QED) is 0.394. The fraction of sp³-hybridized carbons (Fsp3) is 0.111. The van der Waals surface area contributed by atoms with Crippen LogP contribution in [0.15, 0.2) is 48.5 Å². The highest BCUT2D eigenvalue weighted by molar-refractivity contribution is 6.15. The summed E-state index contributed by atoms with van der Waals surface area (Å²) in [5.41, 5.74) is 8.24. The van der Waals surface area contributed by atoms with E-state index < -0.39 is 0 Å². The van der Waals surface area contributed by atoms with Gasteiger partial charge in [-0.1, -0.05) is 54.1 Å². The van der Waals surface area contributed by atoms with Crippen molar-refractivity contribution in [3.63, 3.8) is 0 Å². The molecule has 0 atom stereocenters. The lowest BCUT2D eigenvalue weighted by Crippen LogP contribution is -1.79. The zero-order valence-electron chi connectivity index (χ0n) is 10.6. The van der Waals surface area contributed by atoms with Gasteiger partial charge in [0.05, 0.1) is 0 Å². The summed E-state index contributed by atoms with van der Waals surface area (Å²) >= 11 is 0. The van der Waals surface area contributed by atoms with Gasteiger partial charge in [-0.2, -0.15) is 0 Å². The number of hydrogen-bond donors (Lipinski definition) is 0. The van der Waals surface area contributed by atoms with Crippen LogP contribution in [0.1, 0.15) is 11.1 Å². The average Bonchev–Trinajstić information content (AvgIpc) is 2.69. The fourth-order valence-electron chi connectivity index (χ4n) is 3.12. The van der Waals surface area contributed by atoms with E-state index in [0.29, 0.717) is 0 Å². The van der Waals surface area contributed by atoms with Crippen molar-refractivity contribution in [2.75, 3.05) is 0 Å². The van der Waals surface area contributed by atoms with Gasteiger partial charge in [0.2, 0.25) is 0 Å². The summed E-state index contributed by atoms with van der Waals surface area (Å²) in [6.45, 7) is 4.35. The van der Waals surface area contributed by atoms with E-state index in [4.69, 9.17) is 0 Å².